The van der Waals surface area contributed by atoms with E-state index in [0.717, 1.165) is 25.9 Å². The van der Waals surface area contributed by atoms with Gasteiger partial charge in [-0.05, 0) is 64.7 Å². The van der Waals surface area contributed by atoms with E-state index >= 15 is 0 Å². The fourth-order valence-corrected chi connectivity index (χ4v) is 2.66. The Morgan fingerprint density at radius 1 is 1.23 bits per heavy atom. The molecule has 1 aromatic carbocycles. The molecule has 0 unspecified atom stereocenters. The van der Waals surface area contributed by atoms with Crippen molar-refractivity contribution in [2.24, 2.45) is 0 Å². The van der Waals surface area contributed by atoms with E-state index in [0.29, 0.717) is 6.04 Å². The number of piperidine rings is 1. The van der Waals surface area contributed by atoms with Gasteiger partial charge in [-0.2, -0.15) is 0 Å². The SMILES string of the molecule is Cc1cccc(NC2CCN(C(=O)OC(C)(C)C)CC2)c1C. The molecule has 0 bridgehead atoms. The van der Waals surface area contributed by atoms with Crippen LogP contribution in [0.1, 0.15) is 44.7 Å². The maximum atomic E-state index is 12.1. The Bertz CT molecular complexity index is 526. The molecule has 0 aliphatic carbocycles. The molecule has 1 aliphatic rings. The van der Waals surface area contributed by atoms with Gasteiger partial charge in [-0.1, -0.05) is 12.1 Å². The second-order valence-corrected chi connectivity index (χ2v) is 7.13. The summed E-state index contributed by atoms with van der Waals surface area (Å²) < 4.78 is 5.43. The van der Waals surface area contributed by atoms with Crippen molar-refractivity contribution in [2.45, 2.75) is 59.1 Å². The van der Waals surface area contributed by atoms with Crippen LogP contribution in [0.25, 0.3) is 0 Å². The molecule has 2 rings (SSSR count). The Hall–Kier alpha value is -1.71. The number of benzene rings is 1. The maximum Gasteiger partial charge on any atom is 0.410 e. The van der Waals surface area contributed by atoms with Crippen LogP contribution in [-0.2, 0) is 4.74 Å². The number of nitrogens with zero attached hydrogens (tertiary/aromatic N) is 1. The molecule has 0 spiro atoms. The first-order chi connectivity index (χ1) is 10.3. The maximum absolute atomic E-state index is 12.1. The van der Waals surface area contributed by atoms with Gasteiger partial charge in [0.1, 0.15) is 5.60 Å². The van der Waals surface area contributed by atoms with Crippen LogP contribution >= 0.6 is 0 Å². The molecule has 4 nitrogen and oxygen atoms in total. The number of carbonyl (C=O) groups excluding carboxylic acids is 1. The molecule has 0 atom stereocenters. The highest BCUT2D eigenvalue weighted by molar-refractivity contribution is 5.68. The monoisotopic (exact) mass is 304 g/mol. The molecule has 1 aliphatic heterocycles. The Labute approximate surface area is 133 Å². The third-order valence-corrected chi connectivity index (χ3v) is 4.11. The van der Waals surface area contributed by atoms with E-state index in [9.17, 15) is 4.79 Å². The Balaban J connectivity index is 1.87. The van der Waals surface area contributed by atoms with Gasteiger partial charge in [-0.3, -0.25) is 0 Å². The number of likely N-dealkylation sites (tertiary alicyclic amines) is 1. The number of nitrogens with one attached hydrogen (secondary N) is 1. The van der Waals surface area contributed by atoms with Crippen molar-refractivity contribution in [3.05, 3.63) is 29.3 Å². The zero-order chi connectivity index (χ0) is 16.3. The van der Waals surface area contributed by atoms with Crippen molar-refractivity contribution in [1.29, 1.82) is 0 Å². The van der Waals surface area contributed by atoms with E-state index in [-0.39, 0.29) is 6.09 Å². The van der Waals surface area contributed by atoms with Crippen LogP contribution < -0.4 is 5.32 Å². The minimum atomic E-state index is -0.426. The van der Waals surface area contributed by atoms with Crippen LogP contribution in [0, 0.1) is 13.8 Å². The van der Waals surface area contributed by atoms with E-state index in [1.807, 2.05) is 25.7 Å². The van der Waals surface area contributed by atoms with Crippen LogP contribution in [0.2, 0.25) is 0 Å². The minimum absolute atomic E-state index is 0.197. The van der Waals surface area contributed by atoms with Crippen molar-refractivity contribution in [3.8, 4) is 0 Å². The van der Waals surface area contributed by atoms with Gasteiger partial charge in [0.05, 0.1) is 0 Å². The normalized spacial score (nSPS) is 16.5. The van der Waals surface area contributed by atoms with Crippen LogP contribution in [0.4, 0.5) is 10.5 Å². The fraction of sp³-hybridized carbons (Fsp3) is 0.611. The molecule has 22 heavy (non-hydrogen) atoms. The van der Waals surface area contributed by atoms with E-state index in [4.69, 9.17) is 4.74 Å². The molecule has 4 heteroatoms. The van der Waals surface area contributed by atoms with Gasteiger partial charge in [-0.15, -0.1) is 0 Å². The molecule has 0 radical (unpaired) electrons. The van der Waals surface area contributed by atoms with Crippen molar-refractivity contribution in [2.75, 3.05) is 18.4 Å². The van der Waals surface area contributed by atoms with E-state index < -0.39 is 5.60 Å². The molecule has 1 aromatic rings. The van der Waals surface area contributed by atoms with Crippen molar-refractivity contribution >= 4 is 11.8 Å². The second-order valence-electron chi connectivity index (χ2n) is 7.13. The lowest BCUT2D eigenvalue weighted by Crippen LogP contribution is -2.44. The lowest BCUT2D eigenvalue weighted by atomic mass is 10.0. The molecule has 1 N–H and O–H groups in total. The number of carbonyl (C=O) groups is 1. The molecular weight excluding hydrogens is 276 g/mol. The third-order valence-electron chi connectivity index (χ3n) is 4.11. The molecular formula is C18H28N2O2. The van der Waals surface area contributed by atoms with Gasteiger partial charge in [0.2, 0.25) is 0 Å². The molecule has 0 aromatic heterocycles. The summed E-state index contributed by atoms with van der Waals surface area (Å²) in [6, 6.07) is 6.76. The number of amides is 1. The summed E-state index contributed by atoms with van der Waals surface area (Å²) >= 11 is 0. The smallest absolute Gasteiger partial charge is 0.410 e. The summed E-state index contributed by atoms with van der Waals surface area (Å²) in [6.45, 7) is 11.5. The van der Waals surface area contributed by atoms with Gasteiger partial charge in [0.25, 0.3) is 0 Å². The van der Waals surface area contributed by atoms with E-state index in [1.54, 1.807) is 0 Å². The topological polar surface area (TPSA) is 41.6 Å². The highest BCUT2D eigenvalue weighted by atomic mass is 16.6. The first-order valence-electron chi connectivity index (χ1n) is 8.07. The zero-order valence-corrected chi connectivity index (χ0v) is 14.4. The summed E-state index contributed by atoms with van der Waals surface area (Å²) in [6.07, 6.45) is 1.71. The van der Waals surface area contributed by atoms with E-state index in [1.165, 1.54) is 16.8 Å². The first kappa shape index (κ1) is 16.7. The summed E-state index contributed by atoms with van der Waals surface area (Å²) in [7, 11) is 0. The second kappa shape index (κ2) is 6.59. The average molecular weight is 304 g/mol. The van der Waals surface area contributed by atoms with Gasteiger partial charge in [-0.25, -0.2) is 4.79 Å². The average Bonchev–Trinajstić information content (AvgIpc) is 2.43. The van der Waals surface area contributed by atoms with Gasteiger partial charge < -0.3 is 15.0 Å². The number of rotatable bonds is 2. The summed E-state index contributed by atoms with van der Waals surface area (Å²) in [4.78, 5) is 13.9. The fourth-order valence-electron chi connectivity index (χ4n) is 2.66. The summed E-state index contributed by atoms with van der Waals surface area (Å²) in [5, 5.41) is 3.62. The lowest BCUT2D eigenvalue weighted by molar-refractivity contribution is 0.0210. The minimum Gasteiger partial charge on any atom is -0.444 e. The van der Waals surface area contributed by atoms with Crippen LogP contribution in [-0.4, -0.2) is 35.7 Å². The Morgan fingerprint density at radius 3 is 2.45 bits per heavy atom. The molecule has 1 heterocycles. The van der Waals surface area contributed by atoms with Crippen molar-refractivity contribution in [1.82, 2.24) is 4.90 Å². The van der Waals surface area contributed by atoms with Gasteiger partial charge in [0.15, 0.2) is 0 Å². The number of hydrogen-bond acceptors (Lipinski definition) is 3. The highest BCUT2D eigenvalue weighted by Crippen LogP contribution is 2.22. The van der Waals surface area contributed by atoms with Crippen LogP contribution in [0.5, 0.6) is 0 Å². The zero-order valence-electron chi connectivity index (χ0n) is 14.4. The number of anilines is 1. The largest absolute Gasteiger partial charge is 0.444 e. The number of ether oxygens (including phenoxy) is 1. The Morgan fingerprint density at radius 2 is 1.86 bits per heavy atom. The quantitative estimate of drug-likeness (QED) is 0.894. The number of aryl methyl sites for hydroxylation is 1. The Kier molecular flexibility index (Phi) is 4.99. The van der Waals surface area contributed by atoms with Crippen LogP contribution in [0.3, 0.4) is 0 Å². The summed E-state index contributed by atoms with van der Waals surface area (Å²) in [5.41, 5.74) is 3.38. The molecule has 1 saturated heterocycles. The highest BCUT2D eigenvalue weighted by Gasteiger charge is 2.26. The number of hydrogen-bond donors (Lipinski definition) is 1. The molecule has 1 fully saturated rings. The van der Waals surface area contributed by atoms with Crippen LogP contribution in [0.15, 0.2) is 18.2 Å². The standard InChI is InChI=1S/C18H28N2O2/c1-13-7-6-8-16(14(13)2)19-15-9-11-20(12-10-15)17(21)22-18(3,4)5/h6-8,15,19H,9-12H2,1-5H3. The predicted molar refractivity (Wildman–Crippen MR) is 90.4 cm³/mol. The molecule has 0 saturated carbocycles. The predicted octanol–water partition coefficient (Wildman–Crippen LogP) is 4.11. The molecule has 1 amide bonds. The van der Waals surface area contributed by atoms with Gasteiger partial charge >= 0.3 is 6.09 Å². The summed E-state index contributed by atoms with van der Waals surface area (Å²) in [5.74, 6) is 0. The van der Waals surface area contributed by atoms with Gasteiger partial charge in [0, 0.05) is 24.8 Å². The van der Waals surface area contributed by atoms with Crippen molar-refractivity contribution < 1.29 is 9.53 Å². The lowest BCUT2D eigenvalue weighted by Gasteiger charge is -2.34. The first-order valence-corrected chi connectivity index (χ1v) is 8.07. The van der Waals surface area contributed by atoms with Crippen molar-refractivity contribution in [3.63, 3.8) is 0 Å². The third kappa shape index (κ3) is 4.39. The molecule has 122 valence electrons. The van der Waals surface area contributed by atoms with E-state index in [2.05, 4.69) is 37.4 Å².